The van der Waals surface area contributed by atoms with Gasteiger partial charge < -0.3 is 4.43 Å². The van der Waals surface area contributed by atoms with Crippen LogP contribution in [0.3, 0.4) is 0 Å². The van der Waals surface area contributed by atoms with Crippen molar-refractivity contribution in [3.05, 3.63) is 0 Å². The van der Waals surface area contributed by atoms with Crippen LogP contribution in [0.4, 0.5) is 0 Å². The highest BCUT2D eigenvalue weighted by Crippen LogP contribution is 2.08. The fourth-order valence-electron chi connectivity index (χ4n) is 1.39. The number of hydrogen-bond donors (Lipinski definition) is 0. The predicted octanol–water partition coefficient (Wildman–Crippen LogP) is 3.38. The number of rotatable bonds is 10. The molecule has 0 bridgehead atoms. The molecule has 0 aliphatic carbocycles. The average molecular weight is 223 g/mol. The largest absolute Gasteiger partial charge is 0.408 e. The zero-order chi connectivity index (χ0) is 9.78. The third-order valence-corrected chi connectivity index (χ3v) is 3.13. The Morgan fingerprint density at radius 2 is 1.46 bits per heavy atom. The molecule has 0 aliphatic heterocycles. The molecule has 3 heteroatoms. The van der Waals surface area contributed by atoms with E-state index >= 15 is 0 Å². The smallest absolute Gasteiger partial charge is 0.258 e. The maximum atomic E-state index is 5.52. The molecule has 0 spiro atoms. The minimum absolute atomic E-state index is 0.665. The van der Waals surface area contributed by atoms with Gasteiger partial charge in [0.15, 0.2) is 0 Å². The predicted molar refractivity (Wildman–Crippen MR) is 63.0 cm³/mol. The average Bonchev–Trinajstić information content (AvgIpc) is 2.16. The van der Waals surface area contributed by atoms with E-state index in [-0.39, 0.29) is 0 Å². The summed E-state index contributed by atoms with van der Waals surface area (Å²) in [6.07, 6.45) is 10.9. The van der Waals surface area contributed by atoms with Crippen LogP contribution in [0.2, 0.25) is 0 Å². The second-order valence-electron chi connectivity index (χ2n) is 3.49. The molecule has 13 heavy (non-hydrogen) atoms. The van der Waals surface area contributed by atoms with Crippen molar-refractivity contribution in [2.75, 3.05) is 6.61 Å². The van der Waals surface area contributed by atoms with Crippen LogP contribution in [0.15, 0.2) is 0 Å². The van der Waals surface area contributed by atoms with E-state index in [0.717, 1.165) is 6.61 Å². The summed E-state index contributed by atoms with van der Waals surface area (Å²) in [5.74, 6) is 0. The van der Waals surface area contributed by atoms with Gasteiger partial charge in [0, 0.05) is 6.61 Å². The van der Waals surface area contributed by atoms with Crippen LogP contribution < -0.4 is 0 Å². The lowest BCUT2D eigenvalue weighted by atomic mass is 10.1. The van der Waals surface area contributed by atoms with Crippen LogP contribution in [0.25, 0.3) is 0 Å². The molecule has 0 aromatic heterocycles. The van der Waals surface area contributed by atoms with Gasteiger partial charge in [0.1, 0.15) is 0 Å². The van der Waals surface area contributed by atoms with Crippen LogP contribution in [-0.2, 0) is 4.43 Å². The highest BCUT2D eigenvalue weighted by Gasteiger charge is 1.91. The number of hydrogen-bond acceptors (Lipinski definition) is 1. The molecule has 0 aromatic rings. The zero-order valence-corrected chi connectivity index (χ0v) is 11.0. The summed E-state index contributed by atoms with van der Waals surface area (Å²) in [5, 5.41) is 0. The van der Waals surface area contributed by atoms with Gasteiger partial charge in [-0.05, 0) is 6.42 Å². The van der Waals surface area contributed by atoms with E-state index < -0.39 is 9.07 Å². The molecule has 0 radical (unpaired) electrons. The molecule has 0 atom stereocenters. The monoisotopic (exact) mass is 222 g/mol. The minimum Gasteiger partial charge on any atom is -0.408 e. The molecule has 0 rings (SSSR count). The summed E-state index contributed by atoms with van der Waals surface area (Å²) >= 11 is 5.52. The van der Waals surface area contributed by atoms with Crippen molar-refractivity contribution in [1.82, 2.24) is 0 Å². The van der Waals surface area contributed by atoms with Crippen molar-refractivity contribution in [1.29, 1.82) is 0 Å². The van der Waals surface area contributed by atoms with Crippen LogP contribution in [0, 0.1) is 0 Å². The second-order valence-corrected chi connectivity index (χ2v) is 4.77. The van der Waals surface area contributed by atoms with E-state index in [1.807, 2.05) is 0 Å². The van der Waals surface area contributed by atoms with Crippen LogP contribution in [-0.4, -0.2) is 15.7 Å². The molecule has 0 saturated carbocycles. The third-order valence-electron chi connectivity index (χ3n) is 2.22. The van der Waals surface area contributed by atoms with Crippen molar-refractivity contribution in [2.24, 2.45) is 0 Å². The van der Waals surface area contributed by atoms with Crippen molar-refractivity contribution in [2.45, 2.75) is 58.3 Å². The Morgan fingerprint density at radius 1 is 0.923 bits per heavy atom. The van der Waals surface area contributed by atoms with E-state index in [4.69, 9.17) is 15.5 Å². The SMILES string of the molecule is CCCCCCCCCCO[SiH2]Cl. The molecular weight excluding hydrogens is 200 g/mol. The lowest BCUT2D eigenvalue weighted by molar-refractivity contribution is 0.328. The van der Waals surface area contributed by atoms with Crippen molar-refractivity contribution >= 4 is 20.2 Å². The molecule has 80 valence electrons. The van der Waals surface area contributed by atoms with Crippen molar-refractivity contribution in [3.8, 4) is 0 Å². The van der Waals surface area contributed by atoms with Gasteiger partial charge in [-0.3, -0.25) is 0 Å². The molecule has 0 amide bonds. The zero-order valence-electron chi connectivity index (χ0n) is 8.86. The molecular formula is C10H23ClOSi. The lowest BCUT2D eigenvalue weighted by Gasteiger charge is -2.01. The van der Waals surface area contributed by atoms with Gasteiger partial charge in [0.2, 0.25) is 0 Å². The van der Waals surface area contributed by atoms with Gasteiger partial charge in [0.25, 0.3) is 9.07 Å². The Hall–Kier alpha value is 0.467. The van der Waals surface area contributed by atoms with Gasteiger partial charge in [-0.15, -0.1) is 11.1 Å². The first-order valence-corrected chi connectivity index (χ1v) is 8.27. The summed E-state index contributed by atoms with van der Waals surface area (Å²) in [7, 11) is -0.665. The van der Waals surface area contributed by atoms with Crippen LogP contribution in [0.1, 0.15) is 58.3 Å². The summed E-state index contributed by atoms with van der Waals surface area (Å²) in [6.45, 7) is 3.15. The molecule has 0 unspecified atom stereocenters. The maximum absolute atomic E-state index is 5.52. The van der Waals surface area contributed by atoms with E-state index in [1.54, 1.807) is 0 Å². The van der Waals surface area contributed by atoms with Gasteiger partial charge in [-0.2, -0.15) is 0 Å². The first kappa shape index (κ1) is 13.5. The highest BCUT2D eigenvalue weighted by molar-refractivity contribution is 6.89. The lowest BCUT2D eigenvalue weighted by Crippen LogP contribution is -1.94. The first-order chi connectivity index (χ1) is 6.41. The van der Waals surface area contributed by atoms with Crippen LogP contribution >= 0.6 is 11.1 Å². The Balaban J connectivity index is 2.76. The summed E-state index contributed by atoms with van der Waals surface area (Å²) in [4.78, 5) is 0. The van der Waals surface area contributed by atoms with Gasteiger partial charge in [-0.25, -0.2) is 0 Å². The summed E-state index contributed by atoms with van der Waals surface area (Å²) < 4.78 is 5.18. The summed E-state index contributed by atoms with van der Waals surface area (Å²) in [5.41, 5.74) is 0. The normalized spacial score (nSPS) is 11.5. The van der Waals surface area contributed by atoms with Gasteiger partial charge in [-0.1, -0.05) is 51.9 Å². The maximum Gasteiger partial charge on any atom is 0.258 e. The van der Waals surface area contributed by atoms with Crippen molar-refractivity contribution in [3.63, 3.8) is 0 Å². The highest BCUT2D eigenvalue weighted by atomic mass is 35.6. The van der Waals surface area contributed by atoms with E-state index in [9.17, 15) is 0 Å². The molecule has 1 nitrogen and oxygen atoms in total. The molecule has 0 saturated heterocycles. The van der Waals surface area contributed by atoms with Gasteiger partial charge in [0.05, 0.1) is 0 Å². The minimum atomic E-state index is -0.665. The van der Waals surface area contributed by atoms with Crippen LogP contribution in [0.5, 0.6) is 0 Å². The quantitative estimate of drug-likeness (QED) is 0.313. The first-order valence-electron chi connectivity index (χ1n) is 5.55. The van der Waals surface area contributed by atoms with Crippen molar-refractivity contribution < 1.29 is 4.43 Å². The van der Waals surface area contributed by atoms with E-state index in [2.05, 4.69) is 6.92 Å². The Labute approximate surface area is 89.8 Å². The molecule has 0 N–H and O–H groups in total. The Kier molecular flexibility index (Phi) is 12.9. The molecule has 0 fully saturated rings. The summed E-state index contributed by atoms with van der Waals surface area (Å²) in [6, 6.07) is 0. The van der Waals surface area contributed by atoms with E-state index in [0.29, 0.717) is 0 Å². The Bertz CT molecular complexity index is 81.0. The third kappa shape index (κ3) is 12.5. The standard InChI is InChI=1S/C10H23ClOSi/c1-2-3-4-5-6-7-8-9-10-12-13-11/h2-10,13H2,1H3. The molecule has 0 heterocycles. The number of halogens is 1. The molecule has 0 aliphatic rings. The topological polar surface area (TPSA) is 9.23 Å². The van der Waals surface area contributed by atoms with Gasteiger partial charge >= 0.3 is 0 Å². The number of unbranched alkanes of at least 4 members (excludes halogenated alkanes) is 7. The second kappa shape index (κ2) is 12.5. The fraction of sp³-hybridized carbons (Fsp3) is 1.00. The van der Waals surface area contributed by atoms with E-state index in [1.165, 1.54) is 51.4 Å². The fourth-order valence-corrected chi connectivity index (χ4v) is 2.03. The molecule has 0 aromatic carbocycles. The Morgan fingerprint density at radius 3 is 2.00 bits per heavy atom.